The first kappa shape index (κ1) is 8.08. The first-order valence-corrected chi connectivity index (χ1v) is 3.77. The van der Waals surface area contributed by atoms with E-state index in [9.17, 15) is 0 Å². The average Bonchev–Trinajstić information content (AvgIpc) is 2.07. The quantitative estimate of drug-likeness (QED) is 0.513. The average molecular weight is 153 g/mol. The highest BCUT2D eigenvalue weighted by molar-refractivity contribution is 5.19. The van der Waals surface area contributed by atoms with Gasteiger partial charge < -0.3 is 9.84 Å². The minimum Gasteiger partial charge on any atom is -0.583 e. The Kier molecular flexibility index (Phi) is 3.48. The Hall–Kier alpha value is -1.02. The molecular weight excluding hydrogens is 140 g/mol. The molecule has 0 saturated heterocycles. The molecule has 1 rings (SSSR count). The molecule has 0 spiro atoms. The van der Waals surface area contributed by atoms with Gasteiger partial charge in [0.25, 0.3) is 5.75 Å². The summed E-state index contributed by atoms with van der Waals surface area (Å²) in [6.07, 6.45) is 0.745. The number of aromatic hydroxyl groups is 1. The van der Waals surface area contributed by atoms with Gasteiger partial charge in [-0.15, -0.1) is 0 Å². The van der Waals surface area contributed by atoms with Crippen molar-refractivity contribution >= 4 is 0 Å². The summed E-state index contributed by atoms with van der Waals surface area (Å²) in [7, 11) is 0. The summed E-state index contributed by atoms with van der Waals surface area (Å²) in [5.41, 5.74) is 0. The van der Waals surface area contributed by atoms with Gasteiger partial charge in [0.2, 0.25) is 0 Å². The summed E-state index contributed by atoms with van der Waals surface area (Å²) in [4.78, 5) is 0. The second-order valence-corrected chi connectivity index (χ2v) is 2.29. The minimum absolute atomic E-state index is 0.219. The second kappa shape index (κ2) is 4.74. The molecule has 2 N–H and O–H groups in total. The van der Waals surface area contributed by atoms with Gasteiger partial charge in [0.1, 0.15) is 0 Å². The van der Waals surface area contributed by atoms with Crippen LogP contribution in [-0.4, -0.2) is 23.1 Å². The molecule has 1 aromatic carbocycles. The SMILES string of the molecule is OCCC[OH+]c1ccccc1. The van der Waals surface area contributed by atoms with E-state index >= 15 is 0 Å². The van der Waals surface area contributed by atoms with E-state index in [4.69, 9.17) is 5.11 Å². The molecule has 0 bridgehead atoms. The van der Waals surface area contributed by atoms with Gasteiger partial charge in [0, 0.05) is 18.6 Å². The highest BCUT2D eigenvalue weighted by Gasteiger charge is 1.93. The molecule has 0 aliphatic rings. The molecular formula is C9H13O2+. The smallest absolute Gasteiger partial charge is 0.254 e. The first-order chi connectivity index (χ1) is 5.43. The molecule has 11 heavy (non-hydrogen) atoms. The van der Waals surface area contributed by atoms with Gasteiger partial charge >= 0.3 is 0 Å². The number of benzene rings is 1. The molecule has 0 radical (unpaired) electrons. The Labute approximate surface area is 66.4 Å². The van der Waals surface area contributed by atoms with Gasteiger partial charge in [-0.3, -0.25) is 0 Å². The summed E-state index contributed by atoms with van der Waals surface area (Å²) >= 11 is 0. The maximum absolute atomic E-state index is 8.48. The van der Waals surface area contributed by atoms with Gasteiger partial charge in [0.05, 0.1) is 6.61 Å². The van der Waals surface area contributed by atoms with Crippen molar-refractivity contribution in [3.05, 3.63) is 30.3 Å². The minimum atomic E-state index is 0.219. The molecule has 0 atom stereocenters. The molecule has 2 heteroatoms. The van der Waals surface area contributed by atoms with Gasteiger partial charge in [-0.2, -0.15) is 0 Å². The van der Waals surface area contributed by atoms with Crippen molar-refractivity contribution in [2.75, 3.05) is 13.2 Å². The standard InChI is InChI=1S/C9H12O2/c10-7-4-8-11-9-5-2-1-3-6-9/h1-3,5-6,10H,4,7-8H2/p+1. The highest BCUT2D eigenvalue weighted by atomic mass is 16.5. The lowest BCUT2D eigenvalue weighted by Crippen LogP contribution is -1.95. The normalized spacial score (nSPS) is 9.55. The Balaban J connectivity index is 2.28. The van der Waals surface area contributed by atoms with Crippen LogP contribution in [-0.2, 0) is 0 Å². The summed E-state index contributed by atoms with van der Waals surface area (Å²) in [5, 5.41) is 8.48. The van der Waals surface area contributed by atoms with E-state index in [0.717, 1.165) is 12.2 Å². The van der Waals surface area contributed by atoms with Crippen molar-refractivity contribution in [3.8, 4) is 5.75 Å². The van der Waals surface area contributed by atoms with E-state index in [-0.39, 0.29) is 6.61 Å². The Bertz CT molecular complexity index is 184. The van der Waals surface area contributed by atoms with Crippen LogP contribution in [0.3, 0.4) is 0 Å². The van der Waals surface area contributed by atoms with E-state index in [1.807, 2.05) is 30.3 Å². The van der Waals surface area contributed by atoms with E-state index < -0.39 is 0 Å². The maximum atomic E-state index is 8.48. The lowest BCUT2D eigenvalue weighted by atomic mass is 10.3. The third-order valence-corrected chi connectivity index (χ3v) is 1.37. The van der Waals surface area contributed by atoms with E-state index in [1.165, 1.54) is 0 Å². The molecule has 0 saturated carbocycles. The van der Waals surface area contributed by atoms with Gasteiger partial charge in [-0.25, -0.2) is 0 Å². The Morgan fingerprint density at radius 2 is 1.91 bits per heavy atom. The summed E-state index contributed by atoms with van der Waals surface area (Å²) < 4.78 is 4.24. The molecule has 0 aliphatic heterocycles. The van der Waals surface area contributed by atoms with Crippen LogP contribution in [0.1, 0.15) is 6.42 Å². The van der Waals surface area contributed by atoms with Crippen LogP contribution in [0.5, 0.6) is 5.75 Å². The van der Waals surface area contributed by atoms with Gasteiger partial charge in [0.15, 0.2) is 6.61 Å². The number of aliphatic hydroxyl groups is 2. The number of aliphatic hydroxyl groups excluding tert-OH is 1. The van der Waals surface area contributed by atoms with Gasteiger partial charge in [-0.05, 0) is 0 Å². The van der Waals surface area contributed by atoms with Crippen molar-refractivity contribution in [1.29, 1.82) is 0 Å². The van der Waals surface area contributed by atoms with Crippen LogP contribution >= 0.6 is 0 Å². The number of rotatable bonds is 4. The zero-order valence-electron chi connectivity index (χ0n) is 6.40. The molecule has 60 valence electrons. The number of ether oxygens (including phenoxy) is 1. The lowest BCUT2D eigenvalue weighted by molar-refractivity contribution is 0.0556. The van der Waals surface area contributed by atoms with Crippen LogP contribution in [0, 0.1) is 0 Å². The Morgan fingerprint density at radius 3 is 2.55 bits per heavy atom. The second-order valence-electron chi connectivity index (χ2n) is 2.29. The van der Waals surface area contributed by atoms with E-state index in [0.29, 0.717) is 6.61 Å². The monoisotopic (exact) mass is 153 g/mol. The zero-order valence-corrected chi connectivity index (χ0v) is 6.40. The molecule has 1 aromatic rings. The van der Waals surface area contributed by atoms with E-state index in [1.54, 1.807) is 0 Å². The summed E-state index contributed by atoms with van der Waals surface area (Å²) in [6.45, 7) is 0.927. The van der Waals surface area contributed by atoms with Crippen molar-refractivity contribution in [2.24, 2.45) is 0 Å². The largest absolute Gasteiger partial charge is 0.583 e. The number of hydrogen-bond donors (Lipinski definition) is 1. The predicted molar refractivity (Wildman–Crippen MR) is 44.7 cm³/mol. The van der Waals surface area contributed by atoms with Gasteiger partial charge in [-0.1, -0.05) is 18.2 Å². The molecule has 0 aliphatic carbocycles. The number of para-hydroxylation sites is 1. The topological polar surface area (TPSA) is 33.0 Å². The van der Waals surface area contributed by atoms with Crippen LogP contribution < -0.4 is 0 Å². The van der Waals surface area contributed by atoms with Crippen LogP contribution in [0.2, 0.25) is 0 Å². The third-order valence-electron chi connectivity index (χ3n) is 1.37. The Morgan fingerprint density at radius 1 is 1.18 bits per heavy atom. The van der Waals surface area contributed by atoms with Crippen molar-refractivity contribution in [3.63, 3.8) is 0 Å². The number of hydrogen-bond acceptors (Lipinski definition) is 1. The fraction of sp³-hybridized carbons (Fsp3) is 0.333. The van der Waals surface area contributed by atoms with Crippen LogP contribution in [0.15, 0.2) is 30.3 Å². The highest BCUT2D eigenvalue weighted by Crippen LogP contribution is 2.09. The fourth-order valence-electron chi connectivity index (χ4n) is 0.812. The molecule has 0 amide bonds. The van der Waals surface area contributed by atoms with E-state index in [2.05, 4.69) is 4.74 Å². The molecule has 2 nitrogen and oxygen atoms in total. The third kappa shape index (κ3) is 3.05. The molecule has 0 aromatic heterocycles. The van der Waals surface area contributed by atoms with Crippen molar-refractivity contribution in [1.82, 2.24) is 0 Å². The van der Waals surface area contributed by atoms with Crippen LogP contribution in [0.25, 0.3) is 0 Å². The molecule has 0 unspecified atom stereocenters. The van der Waals surface area contributed by atoms with Crippen LogP contribution in [0.4, 0.5) is 0 Å². The summed E-state index contributed by atoms with van der Waals surface area (Å²) in [5.74, 6) is 0.987. The van der Waals surface area contributed by atoms with Crippen molar-refractivity contribution in [2.45, 2.75) is 6.42 Å². The molecule has 0 fully saturated rings. The fourth-order valence-corrected chi connectivity index (χ4v) is 0.812. The maximum Gasteiger partial charge on any atom is 0.254 e. The van der Waals surface area contributed by atoms with Crippen molar-refractivity contribution < 1.29 is 9.84 Å². The zero-order chi connectivity index (χ0) is 7.94. The molecule has 0 heterocycles. The lowest BCUT2D eigenvalue weighted by Gasteiger charge is -2.00. The predicted octanol–water partition coefficient (Wildman–Crippen LogP) is 1.31. The first-order valence-electron chi connectivity index (χ1n) is 3.77. The summed E-state index contributed by atoms with van der Waals surface area (Å²) in [6, 6.07) is 9.79.